The fourth-order valence-electron chi connectivity index (χ4n) is 7.90. The van der Waals surface area contributed by atoms with Crippen LogP contribution >= 0.6 is 0 Å². The number of carbonyl (C=O) groups is 2. The largest absolute Gasteiger partial charge is 0.480 e. The van der Waals surface area contributed by atoms with Crippen LogP contribution in [-0.2, 0) is 17.8 Å². The highest BCUT2D eigenvalue weighted by Crippen LogP contribution is 2.43. The first-order valence-electron chi connectivity index (χ1n) is 16.6. The van der Waals surface area contributed by atoms with Crippen LogP contribution in [-0.4, -0.2) is 75.2 Å². The van der Waals surface area contributed by atoms with Crippen LogP contribution < -0.4 is 0 Å². The van der Waals surface area contributed by atoms with Crippen LogP contribution in [0.25, 0.3) is 0 Å². The Labute approximate surface area is 267 Å². The van der Waals surface area contributed by atoms with Crippen molar-refractivity contribution in [3.63, 3.8) is 0 Å². The molecule has 242 valence electrons. The number of carbonyl (C=O) groups excluding carboxylic acids is 1. The molecule has 3 aromatic rings. The third kappa shape index (κ3) is 7.72. The minimum absolute atomic E-state index is 0.00236. The molecule has 4 atom stereocenters. The van der Waals surface area contributed by atoms with E-state index in [-0.39, 0.29) is 29.5 Å². The number of piperidine rings is 1. The molecule has 8 heteroatoms. The summed E-state index contributed by atoms with van der Waals surface area (Å²) < 4.78 is 16.5. The summed E-state index contributed by atoms with van der Waals surface area (Å²) in [4.78, 5) is 28.4. The van der Waals surface area contributed by atoms with Gasteiger partial charge in [-0.25, -0.2) is 4.39 Å². The molecule has 1 saturated carbocycles. The van der Waals surface area contributed by atoms with E-state index in [1.807, 2.05) is 51.2 Å². The number of carboxylic acid groups (broad SMARTS) is 1. The highest BCUT2D eigenvalue weighted by molar-refractivity contribution is 5.94. The number of Topliss-reactive ketones (excluding diaryl/α,β-unsaturated/α-hetero) is 1. The Morgan fingerprint density at radius 3 is 2.38 bits per heavy atom. The minimum Gasteiger partial charge on any atom is -0.480 e. The number of hydrogen-bond acceptors (Lipinski definition) is 5. The predicted octanol–water partition coefficient (Wildman–Crippen LogP) is 6.62. The second-order valence-corrected chi connectivity index (χ2v) is 13.6. The number of hydrogen-bond donors (Lipinski definition) is 1. The lowest BCUT2D eigenvalue weighted by molar-refractivity contribution is -0.145. The zero-order chi connectivity index (χ0) is 32.2. The molecule has 0 bridgehead atoms. The van der Waals surface area contributed by atoms with E-state index in [4.69, 9.17) is 5.10 Å². The van der Waals surface area contributed by atoms with Crippen molar-refractivity contribution in [3.8, 4) is 0 Å². The lowest BCUT2D eigenvalue weighted by atomic mass is 9.87. The van der Waals surface area contributed by atoms with Crippen molar-refractivity contribution < 1.29 is 19.1 Å². The second-order valence-electron chi connectivity index (χ2n) is 13.6. The molecular weight excluding hydrogens is 567 g/mol. The monoisotopic (exact) mass is 616 g/mol. The number of aromatic nitrogens is 2. The Morgan fingerprint density at radius 2 is 1.78 bits per heavy atom. The van der Waals surface area contributed by atoms with Gasteiger partial charge in [0.15, 0.2) is 5.78 Å². The van der Waals surface area contributed by atoms with E-state index in [0.717, 1.165) is 80.7 Å². The van der Waals surface area contributed by atoms with Gasteiger partial charge in [0.25, 0.3) is 0 Å². The van der Waals surface area contributed by atoms with E-state index < -0.39 is 12.0 Å². The average Bonchev–Trinajstić information content (AvgIpc) is 3.61. The van der Waals surface area contributed by atoms with Gasteiger partial charge in [-0.3, -0.25) is 19.2 Å². The second kappa shape index (κ2) is 14.4. The molecule has 0 amide bonds. The van der Waals surface area contributed by atoms with Gasteiger partial charge in [-0.05, 0) is 107 Å². The summed E-state index contributed by atoms with van der Waals surface area (Å²) in [6.45, 7) is 11.4. The number of rotatable bonds is 12. The van der Waals surface area contributed by atoms with E-state index in [2.05, 4.69) is 27.5 Å². The van der Waals surface area contributed by atoms with E-state index in [1.54, 1.807) is 19.1 Å². The number of likely N-dealkylation sites (tertiary alicyclic amines) is 1. The Kier molecular flexibility index (Phi) is 10.6. The van der Waals surface area contributed by atoms with Crippen molar-refractivity contribution in [3.05, 3.63) is 88.5 Å². The van der Waals surface area contributed by atoms with Crippen LogP contribution in [0.3, 0.4) is 0 Å². The van der Waals surface area contributed by atoms with Gasteiger partial charge in [0.05, 0.1) is 5.69 Å². The smallest absolute Gasteiger partial charge is 0.321 e. The molecule has 0 spiro atoms. The van der Waals surface area contributed by atoms with Gasteiger partial charge < -0.3 is 10.0 Å². The Balaban J connectivity index is 1.25. The number of aliphatic carboxylic acids is 1. The van der Waals surface area contributed by atoms with Crippen molar-refractivity contribution in [1.82, 2.24) is 19.6 Å². The third-order valence-corrected chi connectivity index (χ3v) is 10.3. The first-order valence-corrected chi connectivity index (χ1v) is 16.6. The molecule has 7 nitrogen and oxygen atoms in total. The summed E-state index contributed by atoms with van der Waals surface area (Å²) >= 11 is 0. The summed E-state index contributed by atoms with van der Waals surface area (Å²) in [5, 5.41) is 14.9. The van der Waals surface area contributed by atoms with Crippen LogP contribution in [0.15, 0.2) is 54.6 Å². The first-order chi connectivity index (χ1) is 21.5. The summed E-state index contributed by atoms with van der Waals surface area (Å²) in [5.74, 6) is 0.0673. The maximum atomic E-state index is 14.3. The zero-order valence-corrected chi connectivity index (χ0v) is 27.5. The highest BCUT2D eigenvalue weighted by Gasteiger charge is 2.42. The van der Waals surface area contributed by atoms with Crippen LogP contribution in [0.5, 0.6) is 0 Å². The number of likely N-dealkylation sites (N-methyl/N-ethyl adjacent to an activating group) is 1. The molecule has 1 aliphatic carbocycles. The molecule has 1 aromatic heterocycles. The fraction of sp³-hybridized carbons (Fsp3) is 0.541. The highest BCUT2D eigenvalue weighted by atomic mass is 19.1. The van der Waals surface area contributed by atoms with Gasteiger partial charge in [0, 0.05) is 42.7 Å². The van der Waals surface area contributed by atoms with Gasteiger partial charge in [-0.2, -0.15) is 5.10 Å². The lowest BCUT2D eigenvalue weighted by Gasteiger charge is -2.35. The van der Waals surface area contributed by atoms with Crippen LogP contribution in [0, 0.1) is 17.7 Å². The Morgan fingerprint density at radius 1 is 1.07 bits per heavy atom. The van der Waals surface area contributed by atoms with E-state index in [0.29, 0.717) is 11.8 Å². The predicted molar refractivity (Wildman–Crippen MR) is 175 cm³/mol. The topological polar surface area (TPSA) is 78.7 Å². The quantitative estimate of drug-likeness (QED) is 0.231. The number of nitrogens with zero attached hydrogens (tertiary/aromatic N) is 4. The van der Waals surface area contributed by atoms with Crippen molar-refractivity contribution in [1.29, 1.82) is 0 Å². The molecule has 0 radical (unpaired) electrons. The molecule has 2 fully saturated rings. The molecule has 1 N–H and O–H groups in total. The summed E-state index contributed by atoms with van der Waals surface area (Å²) in [6.07, 6.45) is 4.62. The molecule has 3 unspecified atom stereocenters. The Hall–Kier alpha value is -3.36. The van der Waals surface area contributed by atoms with Gasteiger partial charge in [0.1, 0.15) is 11.9 Å². The Bertz CT molecular complexity index is 1460. The molecule has 2 heterocycles. The third-order valence-electron chi connectivity index (χ3n) is 10.3. The summed E-state index contributed by atoms with van der Waals surface area (Å²) in [7, 11) is 1.95. The normalized spacial score (nSPS) is 21.9. The fourth-order valence-corrected chi connectivity index (χ4v) is 7.90. The summed E-state index contributed by atoms with van der Waals surface area (Å²) in [5.41, 5.74) is 5.27. The van der Waals surface area contributed by atoms with E-state index in [9.17, 15) is 19.1 Å². The zero-order valence-electron chi connectivity index (χ0n) is 27.5. The molecular formula is C37H49FN4O3. The number of carboxylic acids is 1. The van der Waals surface area contributed by atoms with Crippen molar-refractivity contribution in [2.24, 2.45) is 11.8 Å². The van der Waals surface area contributed by atoms with Crippen LogP contribution in [0.4, 0.5) is 4.39 Å². The summed E-state index contributed by atoms with van der Waals surface area (Å²) in [6, 6.07) is 16.7. The van der Waals surface area contributed by atoms with E-state index >= 15 is 0 Å². The van der Waals surface area contributed by atoms with Crippen molar-refractivity contribution in [2.75, 3.05) is 26.7 Å². The van der Waals surface area contributed by atoms with Gasteiger partial charge >= 0.3 is 5.97 Å². The number of benzene rings is 2. The standard InChI is InChI=1S/C37H49FN4O3/c1-6-42-35(21-32(39-42)18-26-10-12-27(13-11-26)25(4)43)28-14-16-41(17-15-28)23-30-20-33(40(5)36(24(2)3)37(44)45)22-34(30)29-8-7-9-31(38)19-29/h7-13,19,21,24,28,30,33-34,36H,6,14-18,20,22-23H2,1-5H3,(H,44,45)/t30?,33?,34?,36-/m1/s1. The maximum absolute atomic E-state index is 14.3. The molecule has 45 heavy (non-hydrogen) atoms. The van der Waals surface area contributed by atoms with Gasteiger partial charge in [-0.1, -0.05) is 50.2 Å². The van der Waals surface area contributed by atoms with Crippen molar-refractivity contribution >= 4 is 11.8 Å². The first kappa shape index (κ1) is 33.0. The molecule has 1 saturated heterocycles. The number of aryl methyl sites for hydroxylation is 1. The SMILES string of the molecule is CCn1nc(Cc2ccc(C(C)=O)cc2)cc1C1CCN(CC2CC(N(C)[C@@H](C(=O)O)C(C)C)CC2c2cccc(F)c2)CC1. The number of ketones is 1. The van der Waals surface area contributed by atoms with Gasteiger partial charge in [-0.15, -0.1) is 0 Å². The maximum Gasteiger partial charge on any atom is 0.321 e. The van der Waals surface area contributed by atoms with E-state index in [1.165, 1.54) is 11.8 Å². The molecule has 5 rings (SSSR count). The number of halogens is 1. The molecule has 2 aliphatic rings. The molecule has 2 aromatic carbocycles. The molecule has 1 aliphatic heterocycles. The minimum atomic E-state index is -0.777. The van der Waals surface area contributed by atoms with Crippen LogP contribution in [0.2, 0.25) is 0 Å². The van der Waals surface area contributed by atoms with Crippen molar-refractivity contribution in [2.45, 2.75) is 90.3 Å². The van der Waals surface area contributed by atoms with Gasteiger partial charge in [0.2, 0.25) is 0 Å². The lowest BCUT2D eigenvalue weighted by Crippen LogP contribution is -2.47. The van der Waals surface area contributed by atoms with Crippen LogP contribution in [0.1, 0.15) is 98.1 Å². The average molecular weight is 617 g/mol.